The highest BCUT2D eigenvalue weighted by Gasteiger charge is 2.44. The minimum atomic E-state index is -0.0288. The van der Waals surface area contributed by atoms with Gasteiger partial charge in [-0.1, -0.05) is 133 Å². The number of hydrogen-bond acceptors (Lipinski definition) is 4. The largest absolute Gasteiger partial charge is 0.456 e. The van der Waals surface area contributed by atoms with E-state index in [9.17, 15) is 0 Å². The Morgan fingerprint density at radius 2 is 1.06 bits per heavy atom. The van der Waals surface area contributed by atoms with Crippen LogP contribution in [0.4, 0.5) is 34.1 Å². The van der Waals surface area contributed by atoms with Crippen LogP contribution < -0.4 is 26.2 Å². The molecule has 0 saturated heterocycles. The van der Waals surface area contributed by atoms with Gasteiger partial charge in [-0.2, -0.15) is 0 Å². The zero-order chi connectivity index (χ0) is 42.2. The summed E-state index contributed by atoms with van der Waals surface area (Å²) in [7, 11) is 0. The van der Waals surface area contributed by atoms with E-state index in [0.29, 0.717) is 0 Å². The highest BCUT2D eigenvalue weighted by Crippen LogP contribution is 2.48. The van der Waals surface area contributed by atoms with Gasteiger partial charge in [0.05, 0.1) is 0 Å². The minimum Gasteiger partial charge on any atom is -0.456 e. The zero-order valence-corrected chi connectivity index (χ0v) is 37.1. The molecule has 2 aromatic heterocycles. The molecule has 0 bridgehead atoms. The average Bonchev–Trinajstić information content (AvgIpc) is 3.83. The summed E-state index contributed by atoms with van der Waals surface area (Å²) < 4.78 is 9.21. The van der Waals surface area contributed by atoms with Crippen molar-refractivity contribution in [3.05, 3.63) is 174 Å². The van der Waals surface area contributed by atoms with Crippen LogP contribution in [0.3, 0.4) is 0 Å². The Bertz CT molecular complexity index is 3470. The van der Waals surface area contributed by atoms with Gasteiger partial charge in [-0.3, -0.25) is 0 Å². The minimum absolute atomic E-state index is 0.0241. The van der Waals surface area contributed by atoms with Gasteiger partial charge < -0.3 is 14.2 Å². The normalized spacial score (nSPS) is 13.6. The van der Waals surface area contributed by atoms with Crippen LogP contribution in [0.2, 0.25) is 0 Å². The maximum absolute atomic E-state index is 6.54. The molecule has 0 fully saturated rings. The lowest BCUT2D eigenvalue weighted by atomic mass is 9.33. The van der Waals surface area contributed by atoms with E-state index in [1.165, 1.54) is 87.1 Å². The Kier molecular flexibility index (Phi) is 7.94. The van der Waals surface area contributed by atoms with E-state index in [2.05, 4.69) is 210 Å². The van der Waals surface area contributed by atoms with Crippen LogP contribution in [0.15, 0.2) is 162 Å². The first kappa shape index (κ1) is 37.2. The summed E-state index contributed by atoms with van der Waals surface area (Å²) in [6.07, 6.45) is 0. The Morgan fingerprint density at radius 3 is 1.74 bits per heavy atom. The van der Waals surface area contributed by atoms with Gasteiger partial charge in [0.1, 0.15) is 11.2 Å². The number of para-hydroxylation sites is 1. The molecule has 62 heavy (non-hydrogen) atoms. The van der Waals surface area contributed by atoms with Crippen molar-refractivity contribution in [3.8, 4) is 11.1 Å². The van der Waals surface area contributed by atoms with Crippen LogP contribution in [0, 0.1) is 6.92 Å². The first-order valence-electron chi connectivity index (χ1n) is 21.9. The van der Waals surface area contributed by atoms with Crippen molar-refractivity contribution in [1.29, 1.82) is 0 Å². The second-order valence-corrected chi connectivity index (χ2v) is 20.5. The first-order chi connectivity index (χ1) is 29.9. The number of nitrogens with zero attached hydrogens (tertiary/aromatic N) is 2. The van der Waals surface area contributed by atoms with E-state index in [-0.39, 0.29) is 17.5 Å². The van der Waals surface area contributed by atoms with E-state index >= 15 is 0 Å². The molecular weight excluding hydrogens is 772 g/mol. The molecule has 3 nitrogen and oxygen atoms in total. The van der Waals surface area contributed by atoms with E-state index < -0.39 is 0 Å². The molecular formula is C57H47BN2OS. The fourth-order valence-electron chi connectivity index (χ4n) is 10.2. The Hall–Kier alpha value is -6.56. The molecule has 0 radical (unpaired) electrons. The van der Waals surface area contributed by atoms with Crippen molar-refractivity contribution in [2.45, 2.75) is 59.3 Å². The van der Waals surface area contributed by atoms with Crippen LogP contribution >= 0.6 is 11.3 Å². The van der Waals surface area contributed by atoms with Crippen LogP contribution in [0.5, 0.6) is 0 Å². The molecule has 0 aliphatic carbocycles. The number of aryl methyl sites for hydroxylation is 1. The number of benzene rings is 8. The third-order valence-corrected chi connectivity index (χ3v) is 14.6. The number of hydrogen-bond donors (Lipinski definition) is 0. The number of thiophene rings is 1. The highest BCUT2D eigenvalue weighted by atomic mass is 32.1. The third-order valence-electron chi connectivity index (χ3n) is 13.4. The highest BCUT2D eigenvalue weighted by molar-refractivity contribution is 7.26. The van der Waals surface area contributed by atoms with Gasteiger partial charge in [0, 0.05) is 71.1 Å². The molecule has 12 rings (SSSR count). The molecule has 0 unspecified atom stereocenters. The van der Waals surface area contributed by atoms with E-state index in [4.69, 9.17) is 4.42 Å². The molecule has 0 amide bonds. The fourth-order valence-corrected chi connectivity index (χ4v) is 11.5. The summed E-state index contributed by atoms with van der Waals surface area (Å²) in [5.74, 6) is 0. The molecule has 5 heteroatoms. The lowest BCUT2D eigenvalue weighted by Crippen LogP contribution is -2.61. The molecule has 2 aliphatic rings. The van der Waals surface area contributed by atoms with Crippen molar-refractivity contribution >= 4 is 111 Å². The van der Waals surface area contributed by atoms with Crippen molar-refractivity contribution in [2.24, 2.45) is 0 Å². The standard InChI is InChI=1S/C57H47BN2OS/c1-34-29-49-54-50(30-34)60(39-25-26-42-41-13-8-10-17-51(41)61-52(42)33-39)48-32-37(57(5,6)7)22-28-46(48)58(54)45-27-21-36(56(2,3)4)31-47(45)59(49)38-23-19-35(20-24-38)40-15-12-16-44-43-14-9-11-18-53(43)62-55(40)44/h8-33H,1-7H3. The van der Waals surface area contributed by atoms with Crippen molar-refractivity contribution in [3.63, 3.8) is 0 Å². The molecule has 0 atom stereocenters. The predicted molar refractivity (Wildman–Crippen MR) is 268 cm³/mol. The zero-order valence-electron chi connectivity index (χ0n) is 36.3. The van der Waals surface area contributed by atoms with Crippen molar-refractivity contribution in [1.82, 2.24) is 0 Å². The molecule has 0 spiro atoms. The average molecular weight is 819 g/mol. The lowest BCUT2D eigenvalue weighted by molar-refractivity contribution is 0.590. The number of anilines is 6. The maximum Gasteiger partial charge on any atom is 0.252 e. The van der Waals surface area contributed by atoms with Crippen molar-refractivity contribution < 1.29 is 4.42 Å². The Morgan fingerprint density at radius 1 is 0.484 bits per heavy atom. The molecule has 300 valence electrons. The van der Waals surface area contributed by atoms with E-state index in [1.807, 2.05) is 17.4 Å². The van der Waals surface area contributed by atoms with Gasteiger partial charge in [0.15, 0.2) is 0 Å². The molecule has 0 saturated carbocycles. The number of fused-ring (bicyclic) bond motifs is 10. The SMILES string of the molecule is Cc1cc2c3c(c1)N(c1ccc4c(c1)oc1ccccc14)c1cc(C(C)(C)C)ccc1B3c1ccc(C(C)(C)C)cc1N2c1ccc(-c2cccc3c2sc2ccccc23)cc1. The van der Waals surface area contributed by atoms with Gasteiger partial charge in [0.2, 0.25) is 0 Å². The van der Waals surface area contributed by atoms with Crippen LogP contribution in [0.1, 0.15) is 58.2 Å². The summed E-state index contributed by atoms with van der Waals surface area (Å²) in [4.78, 5) is 5.06. The Labute approximate surface area is 367 Å². The number of furan rings is 1. The Balaban J connectivity index is 1.09. The van der Waals surface area contributed by atoms with Gasteiger partial charge >= 0.3 is 0 Å². The van der Waals surface area contributed by atoms with Gasteiger partial charge in [-0.05, 0) is 123 Å². The van der Waals surface area contributed by atoms with Crippen LogP contribution in [-0.2, 0) is 10.8 Å². The molecule has 4 heterocycles. The quantitative estimate of drug-likeness (QED) is 0.166. The summed E-state index contributed by atoms with van der Waals surface area (Å²) in [6.45, 7) is 16.2. The molecule has 10 aromatic rings. The smallest absolute Gasteiger partial charge is 0.252 e. The summed E-state index contributed by atoms with van der Waals surface area (Å²) in [5, 5.41) is 4.93. The topological polar surface area (TPSA) is 19.6 Å². The van der Waals surface area contributed by atoms with Crippen LogP contribution in [0.25, 0.3) is 53.2 Å². The van der Waals surface area contributed by atoms with Gasteiger partial charge in [-0.15, -0.1) is 11.3 Å². The summed E-state index contributed by atoms with van der Waals surface area (Å²) >= 11 is 1.89. The maximum atomic E-state index is 6.54. The first-order valence-corrected chi connectivity index (χ1v) is 22.7. The number of rotatable bonds is 3. The van der Waals surface area contributed by atoms with Gasteiger partial charge in [-0.25, -0.2) is 0 Å². The van der Waals surface area contributed by atoms with E-state index in [0.717, 1.165) is 33.3 Å². The second-order valence-electron chi connectivity index (χ2n) is 19.5. The van der Waals surface area contributed by atoms with E-state index in [1.54, 1.807) is 0 Å². The summed E-state index contributed by atoms with van der Waals surface area (Å²) in [6, 6.07) is 59.3. The fraction of sp³-hybridized carbons (Fsp3) is 0.158. The lowest BCUT2D eigenvalue weighted by Gasteiger charge is -2.45. The van der Waals surface area contributed by atoms with Crippen molar-refractivity contribution in [2.75, 3.05) is 9.80 Å². The molecule has 0 N–H and O–H groups in total. The summed E-state index contributed by atoms with van der Waals surface area (Å²) in [5.41, 5.74) is 19.2. The monoisotopic (exact) mass is 818 g/mol. The van der Waals surface area contributed by atoms with Crippen LogP contribution in [-0.4, -0.2) is 6.71 Å². The molecule has 2 aliphatic heterocycles. The predicted octanol–water partition coefficient (Wildman–Crippen LogP) is 14.6. The third kappa shape index (κ3) is 5.57. The van der Waals surface area contributed by atoms with Gasteiger partial charge in [0.25, 0.3) is 6.71 Å². The molecule has 8 aromatic carbocycles. The second kappa shape index (κ2) is 13.2.